The van der Waals surface area contributed by atoms with Crippen LogP contribution in [0, 0.1) is 0 Å². The molecule has 0 unspecified atom stereocenters. The summed E-state index contributed by atoms with van der Waals surface area (Å²) >= 11 is 0. The largest absolute Gasteiger partial charge is 0.493 e. The van der Waals surface area contributed by atoms with Crippen LogP contribution in [0.4, 0.5) is 0 Å². The number of piperidine rings is 1. The molecule has 0 amide bonds. The fraction of sp³-hybridized carbons (Fsp3) is 0.667. The number of aliphatic imine (C=N–C) groups is 1. The van der Waals surface area contributed by atoms with Gasteiger partial charge in [-0.15, -0.1) is 0 Å². The van der Waals surface area contributed by atoms with Crippen LogP contribution in [0.5, 0.6) is 17.2 Å². The number of likely N-dealkylation sites (tertiary alicyclic amines) is 1. The summed E-state index contributed by atoms with van der Waals surface area (Å²) in [6, 6.07) is 3.89. The second kappa shape index (κ2) is 10.4. The van der Waals surface area contributed by atoms with Gasteiger partial charge in [0.05, 0.1) is 21.3 Å². The molecule has 0 atom stereocenters. The van der Waals surface area contributed by atoms with E-state index in [4.69, 9.17) is 14.2 Å². The summed E-state index contributed by atoms with van der Waals surface area (Å²) in [5.74, 6) is 2.67. The summed E-state index contributed by atoms with van der Waals surface area (Å²) in [5.41, 5.74) is 1.11. The lowest BCUT2D eigenvalue weighted by molar-refractivity contribution is 0.0982. The lowest BCUT2D eigenvalue weighted by Crippen LogP contribution is -2.54. The van der Waals surface area contributed by atoms with E-state index in [1.807, 2.05) is 12.1 Å². The van der Waals surface area contributed by atoms with Crippen molar-refractivity contribution in [3.8, 4) is 17.2 Å². The van der Waals surface area contributed by atoms with Crippen molar-refractivity contribution in [3.05, 3.63) is 17.7 Å². The molecule has 0 spiro atoms. The first-order valence-corrected chi connectivity index (χ1v) is 9.93. The van der Waals surface area contributed by atoms with E-state index in [9.17, 15) is 0 Å². The van der Waals surface area contributed by atoms with Crippen LogP contribution in [-0.4, -0.2) is 64.4 Å². The van der Waals surface area contributed by atoms with Gasteiger partial charge in [0.2, 0.25) is 5.75 Å². The van der Waals surface area contributed by atoms with Gasteiger partial charge in [0, 0.05) is 25.7 Å². The number of hydrogen-bond donors (Lipinski definition) is 2. The summed E-state index contributed by atoms with van der Waals surface area (Å²) in [6.45, 7) is 8.36. The average Bonchev–Trinajstić information content (AvgIpc) is 2.73. The Morgan fingerprint density at radius 3 is 2.11 bits per heavy atom. The molecular weight excluding hydrogens is 356 g/mol. The number of rotatable bonds is 8. The predicted molar refractivity (Wildman–Crippen MR) is 114 cm³/mol. The molecule has 28 heavy (non-hydrogen) atoms. The Hall–Kier alpha value is -2.15. The third-order valence-corrected chi connectivity index (χ3v) is 5.31. The summed E-state index contributed by atoms with van der Waals surface area (Å²) in [4.78, 5) is 6.92. The van der Waals surface area contributed by atoms with Crippen LogP contribution in [0.3, 0.4) is 0 Å². The van der Waals surface area contributed by atoms with Gasteiger partial charge in [-0.2, -0.15) is 0 Å². The molecule has 1 heterocycles. The first-order valence-electron chi connectivity index (χ1n) is 9.93. The number of guanidine groups is 1. The maximum absolute atomic E-state index is 5.43. The lowest BCUT2D eigenvalue weighted by Gasteiger charge is -2.41. The molecule has 0 aromatic heterocycles. The minimum atomic E-state index is 0.0879. The fourth-order valence-corrected chi connectivity index (χ4v) is 3.55. The summed E-state index contributed by atoms with van der Waals surface area (Å²) < 4.78 is 16.2. The molecule has 2 rings (SSSR count). The van der Waals surface area contributed by atoms with Crippen LogP contribution in [0.25, 0.3) is 0 Å². The first-order chi connectivity index (χ1) is 13.4. The van der Waals surface area contributed by atoms with E-state index in [0.29, 0.717) is 23.8 Å². The van der Waals surface area contributed by atoms with Crippen LogP contribution in [-0.2, 0) is 6.54 Å². The van der Waals surface area contributed by atoms with Gasteiger partial charge in [-0.25, -0.2) is 0 Å². The molecule has 1 saturated heterocycles. The predicted octanol–water partition coefficient (Wildman–Crippen LogP) is 2.64. The van der Waals surface area contributed by atoms with E-state index in [1.165, 1.54) is 32.4 Å². The monoisotopic (exact) mass is 392 g/mol. The summed E-state index contributed by atoms with van der Waals surface area (Å²) in [7, 11) is 6.64. The van der Waals surface area contributed by atoms with Gasteiger partial charge in [-0.3, -0.25) is 9.89 Å². The highest BCUT2D eigenvalue weighted by atomic mass is 16.5. The Morgan fingerprint density at radius 2 is 1.61 bits per heavy atom. The number of nitrogens with one attached hydrogen (secondary N) is 2. The third-order valence-electron chi connectivity index (χ3n) is 5.31. The van der Waals surface area contributed by atoms with Gasteiger partial charge in [0.25, 0.3) is 0 Å². The number of ether oxygens (including phenoxy) is 3. The van der Waals surface area contributed by atoms with Crippen LogP contribution in [0.2, 0.25) is 0 Å². The molecule has 0 saturated carbocycles. The molecule has 1 aliphatic heterocycles. The Kier molecular flexibility index (Phi) is 8.23. The van der Waals surface area contributed by atoms with Crippen molar-refractivity contribution in [2.75, 3.05) is 48.0 Å². The zero-order chi connectivity index (χ0) is 20.6. The molecule has 1 fully saturated rings. The highest BCUT2D eigenvalue weighted by molar-refractivity contribution is 5.79. The Labute approximate surface area is 169 Å². The van der Waals surface area contributed by atoms with Crippen molar-refractivity contribution in [2.45, 2.75) is 45.2 Å². The maximum atomic E-state index is 5.43. The fourth-order valence-electron chi connectivity index (χ4n) is 3.55. The van der Waals surface area contributed by atoms with Crippen molar-refractivity contribution in [1.82, 2.24) is 15.5 Å². The zero-order valence-electron chi connectivity index (χ0n) is 18.2. The Bertz CT molecular complexity index is 630. The minimum Gasteiger partial charge on any atom is -0.493 e. The highest BCUT2D eigenvalue weighted by Gasteiger charge is 2.27. The molecule has 1 aromatic carbocycles. The third kappa shape index (κ3) is 5.67. The molecule has 7 nitrogen and oxygen atoms in total. The Balaban J connectivity index is 1.96. The smallest absolute Gasteiger partial charge is 0.203 e. The van der Waals surface area contributed by atoms with E-state index in [2.05, 4.69) is 34.4 Å². The van der Waals surface area contributed by atoms with E-state index < -0.39 is 0 Å². The first kappa shape index (κ1) is 22.1. The lowest BCUT2D eigenvalue weighted by atomic mass is 9.98. The highest BCUT2D eigenvalue weighted by Crippen LogP contribution is 2.38. The molecule has 0 radical (unpaired) electrons. The molecular formula is C21H36N4O3. The Morgan fingerprint density at radius 1 is 1.00 bits per heavy atom. The quantitative estimate of drug-likeness (QED) is 0.524. The van der Waals surface area contributed by atoms with Crippen molar-refractivity contribution >= 4 is 5.96 Å². The van der Waals surface area contributed by atoms with Gasteiger partial charge in [-0.05, 0) is 57.5 Å². The van der Waals surface area contributed by atoms with Crippen LogP contribution in [0.15, 0.2) is 17.1 Å². The van der Waals surface area contributed by atoms with Crippen LogP contribution in [0.1, 0.15) is 38.7 Å². The number of benzene rings is 1. The molecule has 0 aliphatic carbocycles. The zero-order valence-corrected chi connectivity index (χ0v) is 18.2. The van der Waals surface area contributed by atoms with Gasteiger partial charge < -0.3 is 24.8 Å². The van der Waals surface area contributed by atoms with Crippen molar-refractivity contribution in [3.63, 3.8) is 0 Å². The van der Waals surface area contributed by atoms with E-state index in [-0.39, 0.29) is 5.54 Å². The molecule has 1 aromatic rings. The van der Waals surface area contributed by atoms with Gasteiger partial charge in [-0.1, -0.05) is 6.42 Å². The van der Waals surface area contributed by atoms with E-state index >= 15 is 0 Å². The van der Waals surface area contributed by atoms with Gasteiger partial charge in [0.15, 0.2) is 17.5 Å². The molecule has 1 aliphatic rings. The topological polar surface area (TPSA) is 67.4 Å². The second-order valence-electron chi connectivity index (χ2n) is 7.67. The van der Waals surface area contributed by atoms with Crippen molar-refractivity contribution in [1.29, 1.82) is 0 Å². The molecule has 0 bridgehead atoms. The average molecular weight is 393 g/mol. The molecule has 2 N–H and O–H groups in total. The van der Waals surface area contributed by atoms with Gasteiger partial charge in [0.1, 0.15) is 0 Å². The minimum absolute atomic E-state index is 0.0879. The summed E-state index contributed by atoms with van der Waals surface area (Å²) in [5, 5.41) is 6.84. The van der Waals surface area contributed by atoms with Crippen molar-refractivity contribution < 1.29 is 14.2 Å². The number of methoxy groups -OCH3 is 3. The van der Waals surface area contributed by atoms with E-state index in [0.717, 1.165) is 18.1 Å². The van der Waals surface area contributed by atoms with E-state index in [1.54, 1.807) is 28.4 Å². The maximum Gasteiger partial charge on any atom is 0.203 e. The van der Waals surface area contributed by atoms with Gasteiger partial charge >= 0.3 is 0 Å². The second-order valence-corrected chi connectivity index (χ2v) is 7.67. The number of nitrogens with zero attached hydrogens (tertiary/aromatic N) is 2. The van der Waals surface area contributed by atoms with Crippen LogP contribution < -0.4 is 24.8 Å². The standard InChI is InChI=1S/C21H36N4O3/c1-21(2,25-10-8-7-9-11-25)15-24-20(22-3)23-14-16-12-17(26-4)19(28-6)18(13-16)27-5/h12-13H,7-11,14-15H2,1-6H3,(H2,22,23,24). The SMILES string of the molecule is CN=C(NCc1cc(OC)c(OC)c(OC)c1)NCC(C)(C)N1CCCCC1. The normalized spacial score (nSPS) is 15.9. The number of hydrogen-bond acceptors (Lipinski definition) is 5. The molecule has 7 heteroatoms. The van der Waals surface area contributed by atoms with Crippen molar-refractivity contribution in [2.24, 2.45) is 4.99 Å². The summed E-state index contributed by atoms with van der Waals surface area (Å²) in [6.07, 6.45) is 3.92. The molecule has 158 valence electrons. The van der Waals surface area contributed by atoms with Crippen LogP contribution >= 0.6 is 0 Å².